The molecule has 7 heteroatoms. The Labute approximate surface area is 143 Å². The van der Waals surface area contributed by atoms with Gasteiger partial charge in [-0.05, 0) is 24.6 Å². The highest BCUT2D eigenvalue weighted by molar-refractivity contribution is 7.16. The second-order valence-corrected chi connectivity index (χ2v) is 6.98. The Bertz CT molecular complexity index is 880. The summed E-state index contributed by atoms with van der Waals surface area (Å²) in [5, 5.41) is 0. The molecule has 1 unspecified atom stereocenters. The van der Waals surface area contributed by atoms with Gasteiger partial charge in [0, 0.05) is 37.3 Å². The van der Waals surface area contributed by atoms with Crippen LogP contribution >= 0.6 is 11.3 Å². The van der Waals surface area contributed by atoms with Crippen LogP contribution in [0, 0.1) is 0 Å². The summed E-state index contributed by atoms with van der Waals surface area (Å²) in [6.07, 6.45) is 1.09. The number of hydrogen-bond donors (Lipinski definition) is 1. The van der Waals surface area contributed by atoms with Gasteiger partial charge in [-0.3, -0.25) is 4.90 Å². The molecule has 0 amide bonds. The third-order valence-corrected chi connectivity index (χ3v) is 5.48. The van der Waals surface area contributed by atoms with E-state index in [2.05, 4.69) is 45.0 Å². The summed E-state index contributed by atoms with van der Waals surface area (Å²) >= 11 is 1.63. The lowest BCUT2D eigenvalue weighted by atomic mass is 10.1. The molecule has 0 radical (unpaired) electrons. The topological polar surface area (TPSA) is 67.9 Å². The molecule has 5 nitrogen and oxygen atoms in total. The molecule has 1 aliphatic rings. The summed E-state index contributed by atoms with van der Waals surface area (Å²) in [6.45, 7) is 3.17. The van der Waals surface area contributed by atoms with E-state index in [-0.39, 0.29) is 12.0 Å². The van der Waals surface area contributed by atoms with Gasteiger partial charge in [0.2, 0.25) is 5.95 Å². The minimum absolute atomic E-state index is 0.106. The third-order valence-electron chi connectivity index (χ3n) is 4.67. The van der Waals surface area contributed by atoms with Crippen molar-refractivity contribution in [2.75, 3.05) is 18.8 Å². The number of anilines is 1. The molecular formula is C17H18FN5S. The Morgan fingerprint density at radius 3 is 3.12 bits per heavy atom. The zero-order valence-electron chi connectivity index (χ0n) is 13.3. The van der Waals surface area contributed by atoms with E-state index in [0.717, 1.165) is 23.3 Å². The van der Waals surface area contributed by atoms with Crippen LogP contribution in [0.5, 0.6) is 0 Å². The first kappa shape index (κ1) is 15.4. The maximum atomic E-state index is 14.7. The molecule has 0 fully saturated rings. The zero-order chi connectivity index (χ0) is 16.7. The Morgan fingerprint density at radius 1 is 1.38 bits per heavy atom. The third kappa shape index (κ3) is 2.74. The summed E-state index contributed by atoms with van der Waals surface area (Å²) in [5.74, 6) is 0.205. The SMILES string of the molecule is CC(c1ccc2scnc2c1)N1CCc2nc(N)ncc2[C@H](F)C1. The molecule has 0 saturated heterocycles. The van der Waals surface area contributed by atoms with Crippen LogP contribution in [0.15, 0.2) is 29.9 Å². The van der Waals surface area contributed by atoms with Gasteiger partial charge in [0.1, 0.15) is 6.17 Å². The molecule has 2 N–H and O–H groups in total. The normalized spacial score (nSPS) is 19.8. The zero-order valence-corrected chi connectivity index (χ0v) is 14.1. The van der Waals surface area contributed by atoms with Gasteiger partial charge >= 0.3 is 0 Å². The highest BCUT2D eigenvalue weighted by Gasteiger charge is 2.27. The maximum Gasteiger partial charge on any atom is 0.220 e. The van der Waals surface area contributed by atoms with Crippen molar-refractivity contribution in [1.29, 1.82) is 0 Å². The first-order valence-corrected chi connectivity index (χ1v) is 8.82. The lowest BCUT2D eigenvalue weighted by molar-refractivity contribution is 0.161. The summed E-state index contributed by atoms with van der Waals surface area (Å²) in [5.41, 5.74) is 10.9. The van der Waals surface area contributed by atoms with Crippen LogP contribution < -0.4 is 5.73 Å². The molecule has 4 rings (SSSR count). The molecule has 3 aromatic rings. The van der Waals surface area contributed by atoms with E-state index in [0.29, 0.717) is 18.5 Å². The smallest absolute Gasteiger partial charge is 0.220 e. The summed E-state index contributed by atoms with van der Waals surface area (Å²) in [7, 11) is 0. The Hall–Kier alpha value is -2.12. The number of benzene rings is 1. The first-order chi connectivity index (χ1) is 11.6. The van der Waals surface area contributed by atoms with Gasteiger partial charge in [-0.15, -0.1) is 11.3 Å². The van der Waals surface area contributed by atoms with Crippen LogP contribution in [0.3, 0.4) is 0 Å². The molecule has 1 aromatic carbocycles. The standard InChI is InChI=1S/C17H18FN5S/c1-10(11-2-3-16-15(6-11)21-9-24-16)23-5-4-14-12(13(18)8-23)7-20-17(19)22-14/h2-3,6-7,9-10,13H,4-5,8H2,1H3,(H2,19,20,22)/t10?,13-/m1/s1. The van der Waals surface area contributed by atoms with Gasteiger partial charge in [0.25, 0.3) is 0 Å². The molecule has 3 heterocycles. The number of fused-ring (bicyclic) bond motifs is 2. The number of alkyl halides is 1. The highest BCUT2D eigenvalue weighted by Crippen LogP contribution is 2.31. The molecular weight excluding hydrogens is 325 g/mol. The van der Waals surface area contributed by atoms with E-state index in [9.17, 15) is 4.39 Å². The van der Waals surface area contributed by atoms with E-state index in [1.54, 1.807) is 11.3 Å². The fourth-order valence-electron chi connectivity index (χ4n) is 3.25. The number of rotatable bonds is 2. The van der Waals surface area contributed by atoms with Crippen molar-refractivity contribution in [3.05, 3.63) is 46.7 Å². The van der Waals surface area contributed by atoms with Crippen molar-refractivity contribution in [2.45, 2.75) is 25.6 Å². The number of nitrogens with two attached hydrogens (primary N) is 1. The minimum Gasteiger partial charge on any atom is -0.368 e. The van der Waals surface area contributed by atoms with Gasteiger partial charge in [-0.1, -0.05) is 6.07 Å². The van der Waals surface area contributed by atoms with Crippen molar-refractivity contribution in [3.63, 3.8) is 0 Å². The second-order valence-electron chi connectivity index (χ2n) is 6.10. The van der Waals surface area contributed by atoms with Crippen molar-refractivity contribution in [1.82, 2.24) is 19.9 Å². The molecule has 24 heavy (non-hydrogen) atoms. The fraction of sp³-hybridized carbons (Fsp3) is 0.353. The predicted octanol–water partition coefficient (Wildman–Crippen LogP) is 3.30. The summed E-state index contributed by atoms with van der Waals surface area (Å²) < 4.78 is 15.9. The van der Waals surface area contributed by atoms with Crippen LogP contribution in [0.4, 0.5) is 10.3 Å². The van der Waals surface area contributed by atoms with E-state index in [1.807, 2.05) is 5.51 Å². The monoisotopic (exact) mass is 343 g/mol. The molecule has 2 aromatic heterocycles. The molecule has 0 bridgehead atoms. The van der Waals surface area contributed by atoms with Gasteiger partial charge in [-0.2, -0.15) is 0 Å². The quantitative estimate of drug-likeness (QED) is 0.773. The Kier molecular flexibility index (Phi) is 3.90. The molecule has 0 spiro atoms. The lowest BCUT2D eigenvalue weighted by Gasteiger charge is -2.28. The average Bonchev–Trinajstić information content (AvgIpc) is 2.98. The van der Waals surface area contributed by atoms with Crippen molar-refractivity contribution < 1.29 is 4.39 Å². The largest absolute Gasteiger partial charge is 0.368 e. The summed E-state index contributed by atoms with van der Waals surface area (Å²) in [4.78, 5) is 14.7. The van der Waals surface area contributed by atoms with Crippen LogP contribution in [-0.4, -0.2) is 32.9 Å². The van der Waals surface area contributed by atoms with Crippen LogP contribution in [0.1, 0.15) is 36.0 Å². The highest BCUT2D eigenvalue weighted by atomic mass is 32.1. The number of hydrogen-bond acceptors (Lipinski definition) is 6. The molecule has 1 aliphatic heterocycles. The number of nitrogen functional groups attached to an aromatic ring is 1. The maximum absolute atomic E-state index is 14.7. The van der Waals surface area contributed by atoms with E-state index >= 15 is 0 Å². The fourth-order valence-corrected chi connectivity index (χ4v) is 3.90. The van der Waals surface area contributed by atoms with Gasteiger partial charge in [0.05, 0.1) is 21.4 Å². The van der Waals surface area contributed by atoms with Gasteiger partial charge in [-0.25, -0.2) is 19.3 Å². The summed E-state index contributed by atoms with van der Waals surface area (Å²) in [6, 6.07) is 6.40. The lowest BCUT2D eigenvalue weighted by Crippen LogP contribution is -2.30. The van der Waals surface area contributed by atoms with Gasteiger partial charge < -0.3 is 5.73 Å². The number of thiazole rings is 1. The molecule has 124 valence electrons. The van der Waals surface area contributed by atoms with Crippen LogP contribution in [-0.2, 0) is 6.42 Å². The second kappa shape index (κ2) is 6.07. The van der Waals surface area contributed by atoms with Crippen molar-refractivity contribution in [3.8, 4) is 0 Å². The predicted molar refractivity (Wildman–Crippen MR) is 93.6 cm³/mol. The van der Waals surface area contributed by atoms with Crippen LogP contribution in [0.2, 0.25) is 0 Å². The van der Waals surface area contributed by atoms with E-state index in [1.165, 1.54) is 10.9 Å². The van der Waals surface area contributed by atoms with Gasteiger partial charge in [0.15, 0.2) is 0 Å². The van der Waals surface area contributed by atoms with E-state index in [4.69, 9.17) is 5.73 Å². The Balaban J connectivity index is 1.60. The van der Waals surface area contributed by atoms with Crippen molar-refractivity contribution >= 4 is 27.5 Å². The average molecular weight is 343 g/mol. The molecule has 2 atom stereocenters. The number of aromatic nitrogens is 3. The number of halogens is 1. The van der Waals surface area contributed by atoms with Crippen molar-refractivity contribution in [2.24, 2.45) is 0 Å². The Morgan fingerprint density at radius 2 is 2.25 bits per heavy atom. The molecule has 0 aliphatic carbocycles. The molecule has 0 saturated carbocycles. The minimum atomic E-state index is -1.10. The first-order valence-electron chi connectivity index (χ1n) is 7.94. The number of nitrogens with zero attached hydrogens (tertiary/aromatic N) is 4. The van der Waals surface area contributed by atoms with E-state index < -0.39 is 6.17 Å². The van der Waals surface area contributed by atoms with Crippen LogP contribution in [0.25, 0.3) is 10.2 Å².